The largest absolute Gasteiger partial charge is 0.452 e. The lowest BCUT2D eigenvalue weighted by molar-refractivity contribution is -0.124. The predicted molar refractivity (Wildman–Crippen MR) is 106 cm³/mol. The Morgan fingerprint density at radius 3 is 2.43 bits per heavy atom. The number of sulfonamides is 1. The molecule has 2 aromatic rings. The van der Waals surface area contributed by atoms with Crippen molar-refractivity contribution in [2.75, 3.05) is 19.7 Å². The number of amides is 1. The van der Waals surface area contributed by atoms with Crippen molar-refractivity contribution in [1.29, 1.82) is 0 Å². The van der Waals surface area contributed by atoms with Crippen LogP contribution in [0.3, 0.4) is 0 Å². The molecule has 1 saturated heterocycles. The average molecular weight is 423 g/mol. The lowest BCUT2D eigenvalue weighted by Gasteiger charge is -2.25. The molecule has 0 unspecified atom stereocenters. The van der Waals surface area contributed by atoms with Gasteiger partial charge in [-0.2, -0.15) is 4.31 Å². The molecule has 1 aliphatic rings. The third-order valence-electron chi connectivity index (χ3n) is 4.42. The molecule has 0 radical (unpaired) electrons. The molecule has 0 atom stereocenters. The number of benzene rings is 1. The van der Waals surface area contributed by atoms with Crippen molar-refractivity contribution in [2.45, 2.75) is 30.7 Å². The van der Waals surface area contributed by atoms with Crippen LogP contribution in [0.15, 0.2) is 46.7 Å². The lowest BCUT2D eigenvalue weighted by atomic mass is 10.2. The Labute approximate surface area is 168 Å². The monoisotopic (exact) mass is 422 g/mol. The zero-order valence-electron chi connectivity index (χ0n) is 15.3. The molecule has 28 heavy (non-hydrogen) atoms. The van der Waals surface area contributed by atoms with Gasteiger partial charge in [-0.05, 0) is 48.6 Å². The highest BCUT2D eigenvalue weighted by Gasteiger charge is 2.26. The summed E-state index contributed by atoms with van der Waals surface area (Å²) >= 11 is 1.52. The molecular formula is C19H22N2O5S2. The molecule has 1 fully saturated rings. The van der Waals surface area contributed by atoms with E-state index in [-0.39, 0.29) is 10.5 Å². The molecular weight excluding hydrogens is 400 g/mol. The molecule has 1 N–H and O–H groups in total. The maximum absolute atomic E-state index is 12.6. The average Bonchev–Trinajstić information content (AvgIpc) is 3.25. The summed E-state index contributed by atoms with van der Waals surface area (Å²) in [6.45, 7) is 1.04. The van der Waals surface area contributed by atoms with Crippen LogP contribution in [0.2, 0.25) is 0 Å². The molecule has 150 valence electrons. The van der Waals surface area contributed by atoms with Crippen LogP contribution >= 0.6 is 11.3 Å². The maximum atomic E-state index is 12.6. The summed E-state index contributed by atoms with van der Waals surface area (Å²) in [7, 11) is -3.54. The Hall–Kier alpha value is -2.23. The second kappa shape index (κ2) is 9.31. The van der Waals surface area contributed by atoms with Gasteiger partial charge in [0.1, 0.15) is 0 Å². The first-order chi connectivity index (χ1) is 13.5. The molecule has 3 rings (SSSR count). The quantitative estimate of drug-likeness (QED) is 0.692. The van der Waals surface area contributed by atoms with Gasteiger partial charge in [-0.25, -0.2) is 13.2 Å². The number of ether oxygens (including phenoxy) is 1. The van der Waals surface area contributed by atoms with E-state index in [1.165, 1.54) is 39.9 Å². The molecule has 0 aliphatic carbocycles. The number of carbonyl (C=O) groups excluding carboxylic acids is 2. The standard InChI is InChI=1S/C19H22N2O5S2/c22-18(20-13-16-5-4-12-27-16)14-26-19(23)15-6-8-17(9-7-15)28(24,25)21-10-2-1-3-11-21/h4-9,12H,1-3,10-11,13-14H2,(H,20,22). The van der Waals surface area contributed by atoms with Crippen LogP contribution in [0, 0.1) is 0 Å². The van der Waals surface area contributed by atoms with Gasteiger partial charge in [-0.3, -0.25) is 4.79 Å². The zero-order valence-corrected chi connectivity index (χ0v) is 16.9. The summed E-state index contributed by atoms with van der Waals surface area (Å²) in [5, 5.41) is 4.58. The van der Waals surface area contributed by atoms with E-state index >= 15 is 0 Å². The lowest BCUT2D eigenvalue weighted by Crippen LogP contribution is -2.35. The van der Waals surface area contributed by atoms with Crippen LogP contribution in [0.25, 0.3) is 0 Å². The summed E-state index contributed by atoms with van der Waals surface area (Å²) < 4.78 is 31.7. The fourth-order valence-corrected chi connectivity index (χ4v) is 5.04. The summed E-state index contributed by atoms with van der Waals surface area (Å²) in [5.74, 6) is -1.07. The summed E-state index contributed by atoms with van der Waals surface area (Å²) in [5.41, 5.74) is 0.198. The first-order valence-electron chi connectivity index (χ1n) is 9.03. The Balaban J connectivity index is 1.52. The number of rotatable bonds is 7. The van der Waals surface area contributed by atoms with Crippen molar-refractivity contribution in [1.82, 2.24) is 9.62 Å². The Kier molecular flexibility index (Phi) is 6.82. The van der Waals surface area contributed by atoms with Crippen LogP contribution in [0.4, 0.5) is 0 Å². The zero-order chi connectivity index (χ0) is 20.0. The van der Waals surface area contributed by atoms with Gasteiger partial charge in [0, 0.05) is 18.0 Å². The second-order valence-electron chi connectivity index (χ2n) is 6.42. The number of thiophene rings is 1. The number of hydrogen-bond acceptors (Lipinski definition) is 6. The number of hydrogen-bond donors (Lipinski definition) is 1. The highest BCUT2D eigenvalue weighted by atomic mass is 32.2. The van der Waals surface area contributed by atoms with Crippen molar-refractivity contribution in [3.63, 3.8) is 0 Å². The van der Waals surface area contributed by atoms with Crippen molar-refractivity contribution in [3.8, 4) is 0 Å². The molecule has 1 aliphatic heterocycles. The van der Waals surface area contributed by atoms with Crippen LogP contribution < -0.4 is 5.32 Å². The molecule has 0 bridgehead atoms. The second-order valence-corrected chi connectivity index (χ2v) is 9.39. The fourth-order valence-electron chi connectivity index (χ4n) is 2.88. The van der Waals surface area contributed by atoms with Gasteiger partial charge in [-0.1, -0.05) is 12.5 Å². The molecule has 0 saturated carbocycles. The summed E-state index contributed by atoms with van der Waals surface area (Å²) in [6.07, 6.45) is 2.76. The van der Waals surface area contributed by atoms with E-state index in [0.29, 0.717) is 19.6 Å². The van der Waals surface area contributed by atoms with Crippen LogP contribution in [0.1, 0.15) is 34.5 Å². The van der Waals surface area contributed by atoms with Gasteiger partial charge >= 0.3 is 5.97 Å². The summed E-state index contributed by atoms with van der Waals surface area (Å²) in [6, 6.07) is 9.40. The molecule has 1 aromatic carbocycles. The molecule has 7 nitrogen and oxygen atoms in total. The van der Waals surface area contributed by atoms with Crippen molar-refractivity contribution < 1.29 is 22.7 Å². The Morgan fingerprint density at radius 2 is 1.79 bits per heavy atom. The smallest absolute Gasteiger partial charge is 0.338 e. The van der Waals surface area contributed by atoms with Crippen molar-refractivity contribution in [3.05, 3.63) is 52.2 Å². The van der Waals surface area contributed by atoms with Gasteiger partial charge in [0.25, 0.3) is 5.91 Å². The van der Waals surface area contributed by atoms with Gasteiger partial charge < -0.3 is 10.1 Å². The number of piperidine rings is 1. The molecule has 9 heteroatoms. The third kappa shape index (κ3) is 5.18. The van der Waals surface area contributed by atoms with E-state index in [0.717, 1.165) is 24.1 Å². The van der Waals surface area contributed by atoms with Crippen LogP contribution in [-0.2, 0) is 26.1 Å². The van der Waals surface area contributed by atoms with Gasteiger partial charge in [0.2, 0.25) is 10.0 Å². The Bertz CT molecular complexity index is 902. The van der Waals surface area contributed by atoms with E-state index in [1.54, 1.807) is 0 Å². The fraction of sp³-hybridized carbons (Fsp3) is 0.368. The van der Waals surface area contributed by atoms with E-state index < -0.39 is 28.5 Å². The number of nitrogens with zero attached hydrogens (tertiary/aromatic N) is 1. The minimum atomic E-state index is -3.54. The summed E-state index contributed by atoms with van der Waals surface area (Å²) in [4.78, 5) is 25.0. The normalized spacial score (nSPS) is 15.1. The van der Waals surface area contributed by atoms with Crippen LogP contribution in [-0.4, -0.2) is 44.3 Å². The molecule has 1 aromatic heterocycles. The topological polar surface area (TPSA) is 92.8 Å². The third-order valence-corrected chi connectivity index (χ3v) is 7.21. The van der Waals surface area contributed by atoms with Crippen LogP contribution in [0.5, 0.6) is 0 Å². The highest BCUT2D eigenvalue weighted by Crippen LogP contribution is 2.21. The van der Waals surface area contributed by atoms with E-state index in [4.69, 9.17) is 4.74 Å². The van der Waals surface area contributed by atoms with Gasteiger partial charge in [-0.15, -0.1) is 11.3 Å². The first-order valence-corrected chi connectivity index (χ1v) is 11.4. The Morgan fingerprint density at radius 1 is 1.07 bits per heavy atom. The highest BCUT2D eigenvalue weighted by molar-refractivity contribution is 7.89. The number of esters is 1. The SMILES string of the molecule is O=C(COC(=O)c1ccc(S(=O)(=O)N2CCCCC2)cc1)NCc1cccs1. The minimum Gasteiger partial charge on any atom is -0.452 e. The van der Waals surface area contributed by atoms with E-state index in [1.807, 2.05) is 17.5 Å². The van der Waals surface area contributed by atoms with Gasteiger partial charge in [0.05, 0.1) is 17.0 Å². The van der Waals surface area contributed by atoms with Crippen molar-refractivity contribution in [2.24, 2.45) is 0 Å². The van der Waals surface area contributed by atoms with Gasteiger partial charge in [0.15, 0.2) is 6.61 Å². The molecule has 1 amide bonds. The number of nitrogens with one attached hydrogen (secondary N) is 1. The maximum Gasteiger partial charge on any atom is 0.338 e. The predicted octanol–water partition coefficient (Wildman–Crippen LogP) is 2.40. The minimum absolute atomic E-state index is 0.152. The molecule has 0 spiro atoms. The first kappa shape index (κ1) is 20.5. The van der Waals surface area contributed by atoms with Crippen molar-refractivity contribution >= 4 is 33.2 Å². The van der Waals surface area contributed by atoms with E-state index in [2.05, 4.69) is 5.32 Å². The molecule has 2 heterocycles. The van der Waals surface area contributed by atoms with E-state index in [9.17, 15) is 18.0 Å². The number of carbonyl (C=O) groups is 2.